The fourth-order valence-electron chi connectivity index (χ4n) is 1.96. The van der Waals surface area contributed by atoms with Crippen molar-refractivity contribution in [2.75, 3.05) is 5.32 Å². The number of aryl methyl sites for hydroxylation is 1. The first kappa shape index (κ1) is 14.2. The second-order valence-corrected chi connectivity index (χ2v) is 4.67. The van der Waals surface area contributed by atoms with E-state index in [0.717, 1.165) is 11.6 Å². The van der Waals surface area contributed by atoms with E-state index >= 15 is 0 Å². The van der Waals surface area contributed by atoms with Gasteiger partial charge in [-0.25, -0.2) is 13.2 Å². The summed E-state index contributed by atoms with van der Waals surface area (Å²) in [6.45, 7) is 3.54. The molecule has 0 aromatic heterocycles. The number of anilines is 1. The van der Waals surface area contributed by atoms with Crippen molar-refractivity contribution < 1.29 is 18.3 Å². The molecule has 0 aliphatic heterocycles. The zero-order valence-electron chi connectivity index (χ0n) is 11.0. The van der Waals surface area contributed by atoms with Gasteiger partial charge >= 0.3 is 0 Å². The quantitative estimate of drug-likeness (QED) is 0.822. The lowest BCUT2D eigenvalue weighted by Gasteiger charge is -2.18. The first-order valence-corrected chi connectivity index (χ1v) is 6.09. The van der Waals surface area contributed by atoms with E-state index in [0.29, 0.717) is 11.6 Å². The maximum absolute atomic E-state index is 13.6. The number of hydrogen-bond acceptors (Lipinski definition) is 2. The van der Waals surface area contributed by atoms with E-state index in [1.165, 1.54) is 6.07 Å². The Labute approximate surface area is 114 Å². The number of aromatic hydroxyl groups is 1. The molecule has 0 aliphatic rings. The van der Waals surface area contributed by atoms with E-state index in [1.807, 2.05) is 6.92 Å². The van der Waals surface area contributed by atoms with Crippen molar-refractivity contribution in [3.8, 4) is 5.75 Å². The Bertz CT molecular complexity index is 643. The lowest BCUT2D eigenvalue weighted by Crippen LogP contribution is -2.09. The second kappa shape index (κ2) is 5.45. The topological polar surface area (TPSA) is 32.3 Å². The van der Waals surface area contributed by atoms with Crippen LogP contribution >= 0.6 is 0 Å². The molecule has 0 fully saturated rings. The molecule has 2 nitrogen and oxygen atoms in total. The van der Waals surface area contributed by atoms with Gasteiger partial charge in [0.25, 0.3) is 0 Å². The average molecular weight is 281 g/mol. The van der Waals surface area contributed by atoms with Crippen LogP contribution in [0.2, 0.25) is 0 Å². The highest BCUT2D eigenvalue weighted by molar-refractivity contribution is 5.49. The molecule has 5 heteroatoms. The Kier molecular flexibility index (Phi) is 3.88. The van der Waals surface area contributed by atoms with Gasteiger partial charge < -0.3 is 10.4 Å². The van der Waals surface area contributed by atoms with Crippen LogP contribution in [0.1, 0.15) is 24.1 Å². The third kappa shape index (κ3) is 2.87. The first-order valence-electron chi connectivity index (χ1n) is 6.09. The average Bonchev–Trinajstić information content (AvgIpc) is 2.38. The smallest absolute Gasteiger partial charge is 0.161 e. The van der Waals surface area contributed by atoms with Gasteiger partial charge in [0, 0.05) is 17.7 Å². The molecule has 2 aromatic rings. The summed E-state index contributed by atoms with van der Waals surface area (Å²) in [6.07, 6.45) is 0. The third-order valence-electron chi connectivity index (χ3n) is 3.03. The number of nitrogens with one attached hydrogen (secondary N) is 1. The maximum Gasteiger partial charge on any atom is 0.161 e. The lowest BCUT2D eigenvalue weighted by molar-refractivity contribution is 0.465. The monoisotopic (exact) mass is 281 g/mol. The van der Waals surface area contributed by atoms with E-state index in [-0.39, 0.29) is 11.4 Å². The summed E-state index contributed by atoms with van der Waals surface area (Å²) in [5, 5.41) is 12.5. The molecule has 2 rings (SSSR count). The zero-order chi connectivity index (χ0) is 14.9. The van der Waals surface area contributed by atoms with Gasteiger partial charge in [0.2, 0.25) is 0 Å². The van der Waals surface area contributed by atoms with E-state index in [9.17, 15) is 18.3 Å². The molecule has 20 heavy (non-hydrogen) atoms. The summed E-state index contributed by atoms with van der Waals surface area (Å²) < 4.78 is 39.5. The van der Waals surface area contributed by atoms with Crippen LogP contribution in [0.3, 0.4) is 0 Å². The van der Waals surface area contributed by atoms with Crippen molar-refractivity contribution in [1.82, 2.24) is 0 Å². The molecule has 2 N–H and O–H groups in total. The van der Waals surface area contributed by atoms with Crippen molar-refractivity contribution in [3.05, 3.63) is 58.9 Å². The van der Waals surface area contributed by atoms with Crippen LogP contribution in [0, 0.1) is 24.4 Å². The van der Waals surface area contributed by atoms with Crippen LogP contribution in [-0.4, -0.2) is 5.11 Å². The highest BCUT2D eigenvalue weighted by atomic mass is 19.2. The van der Waals surface area contributed by atoms with E-state index in [1.54, 1.807) is 19.1 Å². The number of phenolic OH excluding ortho intramolecular Hbond substituents is 1. The molecular formula is C15H14F3NO. The molecule has 0 spiro atoms. The van der Waals surface area contributed by atoms with Crippen molar-refractivity contribution in [1.29, 1.82) is 0 Å². The first-order chi connectivity index (χ1) is 9.38. The van der Waals surface area contributed by atoms with Gasteiger partial charge in [0.1, 0.15) is 11.6 Å². The molecule has 0 bridgehead atoms. The van der Waals surface area contributed by atoms with Crippen LogP contribution in [-0.2, 0) is 0 Å². The normalized spacial score (nSPS) is 12.2. The van der Waals surface area contributed by atoms with Crippen LogP contribution in [0.5, 0.6) is 5.75 Å². The van der Waals surface area contributed by atoms with Crippen molar-refractivity contribution >= 4 is 5.69 Å². The van der Waals surface area contributed by atoms with Crippen LogP contribution < -0.4 is 5.32 Å². The molecule has 1 unspecified atom stereocenters. The van der Waals surface area contributed by atoms with E-state index in [4.69, 9.17) is 0 Å². The Balaban J connectivity index is 2.30. The highest BCUT2D eigenvalue weighted by Gasteiger charge is 2.15. The summed E-state index contributed by atoms with van der Waals surface area (Å²) in [7, 11) is 0. The molecule has 0 aliphatic carbocycles. The van der Waals surface area contributed by atoms with Gasteiger partial charge in [0.15, 0.2) is 11.6 Å². The van der Waals surface area contributed by atoms with Crippen molar-refractivity contribution in [2.24, 2.45) is 0 Å². The molecular weight excluding hydrogens is 267 g/mol. The molecule has 0 heterocycles. The Morgan fingerprint density at radius 1 is 1.00 bits per heavy atom. The fourth-order valence-corrected chi connectivity index (χ4v) is 1.96. The summed E-state index contributed by atoms with van der Waals surface area (Å²) >= 11 is 0. The van der Waals surface area contributed by atoms with Crippen LogP contribution in [0.4, 0.5) is 18.9 Å². The minimum atomic E-state index is -1.24. The van der Waals surface area contributed by atoms with Gasteiger partial charge in [-0.2, -0.15) is 0 Å². The van der Waals surface area contributed by atoms with E-state index < -0.39 is 23.5 Å². The Hall–Kier alpha value is -2.17. The van der Waals surface area contributed by atoms with Crippen molar-refractivity contribution in [3.63, 3.8) is 0 Å². The van der Waals surface area contributed by atoms with Crippen molar-refractivity contribution in [2.45, 2.75) is 19.9 Å². The Morgan fingerprint density at radius 3 is 2.35 bits per heavy atom. The number of phenols is 1. The summed E-state index contributed by atoms with van der Waals surface area (Å²) in [5.74, 6) is -3.20. The van der Waals surface area contributed by atoms with E-state index in [2.05, 4.69) is 5.32 Å². The van der Waals surface area contributed by atoms with Gasteiger partial charge in [-0.05, 0) is 19.9 Å². The fraction of sp³-hybridized carbons (Fsp3) is 0.200. The van der Waals surface area contributed by atoms with Crippen LogP contribution in [0.15, 0.2) is 30.3 Å². The minimum absolute atomic E-state index is 0.0543. The lowest BCUT2D eigenvalue weighted by atomic mass is 10.0. The summed E-state index contributed by atoms with van der Waals surface area (Å²) in [4.78, 5) is 0. The maximum atomic E-state index is 13.6. The number of hydrogen-bond donors (Lipinski definition) is 2. The molecule has 0 amide bonds. The molecule has 0 saturated heterocycles. The number of rotatable bonds is 3. The molecule has 106 valence electrons. The minimum Gasteiger partial charge on any atom is -0.508 e. The molecule has 0 saturated carbocycles. The predicted molar refractivity (Wildman–Crippen MR) is 71.2 cm³/mol. The number of benzene rings is 2. The largest absolute Gasteiger partial charge is 0.508 e. The Morgan fingerprint density at radius 2 is 1.65 bits per heavy atom. The summed E-state index contributed by atoms with van der Waals surface area (Å²) in [5.41, 5.74) is 1.32. The third-order valence-corrected chi connectivity index (χ3v) is 3.03. The van der Waals surface area contributed by atoms with Gasteiger partial charge in [-0.15, -0.1) is 0 Å². The van der Waals surface area contributed by atoms with Gasteiger partial charge in [-0.1, -0.05) is 17.7 Å². The number of halogens is 3. The predicted octanol–water partition coefficient (Wildman–Crippen LogP) is 4.29. The molecule has 1 atom stereocenters. The molecule has 2 aromatic carbocycles. The summed E-state index contributed by atoms with van der Waals surface area (Å²) in [6, 6.07) is 5.79. The second-order valence-electron chi connectivity index (χ2n) is 4.67. The standard InChI is InChI=1S/C15H14F3NO/c1-8-3-4-15(20)10(5-8)9(2)19-14-7-12(17)11(16)6-13(14)18/h3-7,9,19-20H,1-2H3. The van der Waals surface area contributed by atoms with Gasteiger partial charge in [-0.3, -0.25) is 0 Å². The van der Waals surface area contributed by atoms with Gasteiger partial charge in [0.05, 0.1) is 11.7 Å². The highest BCUT2D eigenvalue weighted by Crippen LogP contribution is 2.29. The SMILES string of the molecule is Cc1ccc(O)c(C(C)Nc2cc(F)c(F)cc2F)c1. The molecule has 0 radical (unpaired) electrons. The zero-order valence-corrected chi connectivity index (χ0v) is 11.0. The van der Waals surface area contributed by atoms with Crippen LogP contribution in [0.25, 0.3) is 0 Å².